The van der Waals surface area contributed by atoms with Crippen molar-refractivity contribution in [1.82, 2.24) is 5.32 Å². The first-order valence-electron chi connectivity index (χ1n) is 8.13. The van der Waals surface area contributed by atoms with Crippen molar-refractivity contribution < 1.29 is 14.0 Å². The topological polar surface area (TPSA) is 83.4 Å². The molecule has 3 N–H and O–H groups in total. The van der Waals surface area contributed by atoms with Gasteiger partial charge in [-0.2, -0.15) is 0 Å². The lowest BCUT2D eigenvalue weighted by atomic mass is 10.0. The van der Waals surface area contributed by atoms with Gasteiger partial charge >= 0.3 is 0 Å². The number of rotatable bonds is 4. The molecule has 2 aromatic rings. The van der Waals surface area contributed by atoms with Gasteiger partial charge in [-0.3, -0.25) is 9.59 Å². The van der Waals surface area contributed by atoms with E-state index in [0.29, 0.717) is 5.69 Å². The first-order valence-corrected chi connectivity index (χ1v) is 8.13. The molecule has 2 amide bonds. The number of hydrogen-bond acceptors (Lipinski definition) is 4. The molecule has 126 valence electrons. The largest absolute Gasteiger partial charge is 0.459 e. The molecule has 0 radical (unpaired) electrons. The van der Waals surface area contributed by atoms with Gasteiger partial charge in [0.05, 0.1) is 12.3 Å². The summed E-state index contributed by atoms with van der Waals surface area (Å²) in [5.41, 5.74) is 2.27. The van der Waals surface area contributed by atoms with Crippen LogP contribution in [0.4, 0.5) is 11.4 Å². The molecule has 0 spiro atoms. The molecule has 6 heteroatoms. The van der Waals surface area contributed by atoms with Gasteiger partial charge in [0.25, 0.3) is 5.91 Å². The van der Waals surface area contributed by atoms with Crippen LogP contribution in [0.3, 0.4) is 0 Å². The molecule has 1 saturated heterocycles. The van der Waals surface area contributed by atoms with Gasteiger partial charge in [-0.25, -0.2) is 0 Å². The highest BCUT2D eigenvalue weighted by Crippen LogP contribution is 2.21. The van der Waals surface area contributed by atoms with Gasteiger partial charge in [0.2, 0.25) is 5.91 Å². The third kappa shape index (κ3) is 3.83. The van der Waals surface area contributed by atoms with Crippen LogP contribution < -0.4 is 16.0 Å². The molecule has 1 aromatic carbocycles. The smallest absolute Gasteiger partial charge is 0.291 e. The first-order chi connectivity index (χ1) is 11.6. The van der Waals surface area contributed by atoms with E-state index >= 15 is 0 Å². The molecule has 6 nitrogen and oxygen atoms in total. The van der Waals surface area contributed by atoms with Crippen molar-refractivity contribution in [3.8, 4) is 0 Å². The van der Waals surface area contributed by atoms with Gasteiger partial charge < -0.3 is 20.4 Å². The van der Waals surface area contributed by atoms with Gasteiger partial charge in [0.1, 0.15) is 0 Å². The molecule has 0 aliphatic carbocycles. The van der Waals surface area contributed by atoms with E-state index in [2.05, 4.69) is 16.0 Å². The average Bonchev–Trinajstić information content (AvgIpc) is 3.13. The fourth-order valence-electron chi connectivity index (χ4n) is 2.78. The van der Waals surface area contributed by atoms with Crippen LogP contribution in [0, 0.1) is 6.92 Å². The number of aryl methyl sites for hydroxylation is 1. The van der Waals surface area contributed by atoms with E-state index in [4.69, 9.17) is 4.42 Å². The highest BCUT2D eigenvalue weighted by Gasteiger charge is 2.20. The van der Waals surface area contributed by atoms with Crippen LogP contribution in [0.25, 0.3) is 0 Å². The van der Waals surface area contributed by atoms with Crippen molar-refractivity contribution in [1.29, 1.82) is 0 Å². The Morgan fingerprint density at radius 3 is 2.75 bits per heavy atom. The van der Waals surface area contributed by atoms with E-state index in [1.807, 2.05) is 13.0 Å². The maximum Gasteiger partial charge on any atom is 0.291 e. The third-order valence-corrected chi connectivity index (χ3v) is 4.11. The minimum absolute atomic E-state index is 0.0125. The summed E-state index contributed by atoms with van der Waals surface area (Å²) in [7, 11) is 0. The van der Waals surface area contributed by atoms with E-state index in [1.54, 1.807) is 24.3 Å². The Kier molecular flexibility index (Phi) is 4.96. The Bertz CT molecular complexity index is 719. The number of anilines is 2. The van der Waals surface area contributed by atoms with E-state index in [-0.39, 0.29) is 23.6 Å². The molecule has 1 atom stereocenters. The van der Waals surface area contributed by atoms with Crippen LogP contribution in [-0.2, 0) is 4.79 Å². The number of benzene rings is 1. The zero-order valence-corrected chi connectivity index (χ0v) is 13.6. The second-order valence-electron chi connectivity index (χ2n) is 5.95. The predicted molar refractivity (Wildman–Crippen MR) is 92.1 cm³/mol. The number of hydrogen-bond donors (Lipinski definition) is 3. The fraction of sp³-hybridized carbons (Fsp3) is 0.333. The SMILES string of the molecule is Cc1cc(NC(=O)C2CCCCN2)ccc1NC(=O)c1ccco1. The van der Waals surface area contributed by atoms with Gasteiger partial charge in [0, 0.05) is 11.4 Å². The van der Waals surface area contributed by atoms with Crippen LogP contribution in [-0.4, -0.2) is 24.4 Å². The fourth-order valence-corrected chi connectivity index (χ4v) is 2.78. The molecule has 1 aliphatic heterocycles. The second-order valence-corrected chi connectivity index (χ2v) is 5.95. The number of carbonyl (C=O) groups is 2. The Balaban J connectivity index is 1.63. The first kappa shape index (κ1) is 16.3. The Morgan fingerprint density at radius 1 is 1.21 bits per heavy atom. The Morgan fingerprint density at radius 2 is 2.08 bits per heavy atom. The van der Waals surface area contributed by atoms with Crippen molar-refractivity contribution in [2.45, 2.75) is 32.2 Å². The number of amides is 2. The van der Waals surface area contributed by atoms with Crippen molar-refractivity contribution in [2.75, 3.05) is 17.2 Å². The average molecular weight is 327 g/mol. The summed E-state index contributed by atoms with van der Waals surface area (Å²) < 4.78 is 5.07. The summed E-state index contributed by atoms with van der Waals surface area (Å²) in [5.74, 6) is -0.0529. The monoisotopic (exact) mass is 327 g/mol. The van der Waals surface area contributed by atoms with E-state index in [9.17, 15) is 9.59 Å². The Labute approximate surface area is 140 Å². The van der Waals surface area contributed by atoms with E-state index < -0.39 is 0 Å². The minimum Gasteiger partial charge on any atom is -0.459 e. The molecule has 1 aliphatic rings. The summed E-state index contributed by atoms with van der Waals surface area (Å²) in [6, 6.07) is 8.55. The molecular weight excluding hydrogens is 306 g/mol. The lowest BCUT2D eigenvalue weighted by molar-refractivity contribution is -0.118. The third-order valence-electron chi connectivity index (χ3n) is 4.11. The number of nitrogens with one attached hydrogen (secondary N) is 3. The van der Waals surface area contributed by atoms with Gasteiger partial charge in [-0.05, 0) is 62.2 Å². The van der Waals surface area contributed by atoms with Gasteiger partial charge in [-0.1, -0.05) is 6.42 Å². The van der Waals surface area contributed by atoms with E-state index in [0.717, 1.165) is 37.1 Å². The maximum atomic E-state index is 12.2. The number of carbonyl (C=O) groups excluding carboxylic acids is 2. The zero-order valence-electron chi connectivity index (χ0n) is 13.6. The highest BCUT2D eigenvalue weighted by molar-refractivity contribution is 6.03. The molecule has 0 saturated carbocycles. The number of furan rings is 1. The molecule has 0 bridgehead atoms. The van der Waals surface area contributed by atoms with Crippen LogP contribution in [0.2, 0.25) is 0 Å². The van der Waals surface area contributed by atoms with Crippen molar-refractivity contribution in [2.24, 2.45) is 0 Å². The predicted octanol–water partition coefficient (Wildman–Crippen LogP) is 2.92. The lowest BCUT2D eigenvalue weighted by Gasteiger charge is -2.22. The van der Waals surface area contributed by atoms with Crippen LogP contribution in [0.5, 0.6) is 0 Å². The summed E-state index contributed by atoms with van der Waals surface area (Å²) >= 11 is 0. The number of piperidine rings is 1. The molecule has 2 heterocycles. The molecule has 1 fully saturated rings. The summed E-state index contributed by atoms with van der Waals surface area (Å²) in [6.45, 7) is 2.77. The highest BCUT2D eigenvalue weighted by atomic mass is 16.3. The van der Waals surface area contributed by atoms with Crippen LogP contribution in [0.15, 0.2) is 41.0 Å². The lowest BCUT2D eigenvalue weighted by Crippen LogP contribution is -2.43. The summed E-state index contributed by atoms with van der Waals surface area (Å²) in [5, 5.41) is 8.95. The molecule has 24 heavy (non-hydrogen) atoms. The van der Waals surface area contributed by atoms with Crippen LogP contribution in [0.1, 0.15) is 35.4 Å². The zero-order chi connectivity index (χ0) is 16.9. The second kappa shape index (κ2) is 7.31. The maximum absolute atomic E-state index is 12.2. The van der Waals surface area contributed by atoms with Gasteiger partial charge in [0.15, 0.2) is 5.76 Å². The molecule has 1 unspecified atom stereocenters. The summed E-state index contributed by atoms with van der Waals surface area (Å²) in [6.07, 6.45) is 4.51. The van der Waals surface area contributed by atoms with Crippen LogP contribution >= 0.6 is 0 Å². The van der Waals surface area contributed by atoms with Crippen molar-refractivity contribution in [3.63, 3.8) is 0 Å². The van der Waals surface area contributed by atoms with Crippen molar-refractivity contribution >= 4 is 23.2 Å². The minimum atomic E-state index is -0.300. The standard InChI is InChI=1S/C18H21N3O3/c1-12-11-13(20-17(22)15-5-2-3-9-19-15)7-8-14(12)21-18(23)16-6-4-10-24-16/h4,6-8,10-11,15,19H,2-3,5,9H2,1H3,(H,20,22)(H,21,23). The van der Waals surface area contributed by atoms with Crippen molar-refractivity contribution in [3.05, 3.63) is 47.9 Å². The molecular formula is C18H21N3O3. The quantitative estimate of drug-likeness (QED) is 0.806. The van der Waals surface area contributed by atoms with E-state index in [1.165, 1.54) is 6.26 Å². The summed E-state index contributed by atoms with van der Waals surface area (Å²) in [4.78, 5) is 24.3. The Hall–Kier alpha value is -2.60. The normalized spacial score (nSPS) is 17.3. The van der Waals surface area contributed by atoms with Gasteiger partial charge in [-0.15, -0.1) is 0 Å². The molecule has 3 rings (SSSR count). The molecule has 1 aromatic heterocycles.